The van der Waals surface area contributed by atoms with E-state index in [9.17, 15) is 9.59 Å². The normalized spacial score (nSPS) is 14.8. The first kappa shape index (κ1) is 16.5. The highest BCUT2D eigenvalue weighted by Gasteiger charge is 2.16. The lowest BCUT2D eigenvalue weighted by molar-refractivity contribution is -0.133. The predicted octanol–water partition coefficient (Wildman–Crippen LogP) is 1.86. The number of nitrogens with zero attached hydrogens (tertiary/aromatic N) is 3. The van der Waals surface area contributed by atoms with E-state index in [1.165, 1.54) is 12.0 Å². The lowest BCUT2D eigenvalue weighted by atomic mass is 10.1. The van der Waals surface area contributed by atoms with Crippen LogP contribution in [0.5, 0.6) is 0 Å². The van der Waals surface area contributed by atoms with Gasteiger partial charge in [-0.1, -0.05) is 11.6 Å². The van der Waals surface area contributed by atoms with Crippen molar-refractivity contribution in [1.82, 2.24) is 20.0 Å². The van der Waals surface area contributed by atoms with E-state index < -0.39 is 0 Å². The van der Waals surface area contributed by atoms with E-state index in [2.05, 4.69) is 16.5 Å². The highest BCUT2D eigenvalue weighted by molar-refractivity contribution is 5.85. The number of carbonyl (C=O) groups is 2. The van der Waals surface area contributed by atoms with E-state index in [0.717, 1.165) is 36.8 Å². The van der Waals surface area contributed by atoms with Crippen LogP contribution in [0.4, 0.5) is 0 Å². The van der Waals surface area contributed by atoms with Crippen molar-refractivity contribution in [3.8, 4) is 0 Å². The smallest absolute Gasteiger partial charge is 0.241 e. The number of nitrogens with one attached hydrogen (secondary N) is 1. The summed E-state index contributed by atoms with van der Waals surface area (Å²) in [5.41, 5.74) is 2.22. The minimum atomic E-state index is -0.115. The molecule has 1 saturated heterocycles. The van der Waals surface area contributed by atoms with Crippen LogP contribution < -0.4 is 5.32 Å². The summed E-state index contributed by atoms with van der Waals surface area (Å²) in [5, 5.41) is 8.15. The topological polar surface area (TPSA) is 67.2 Å². The second kappa shape index (κ2) is 7.47. The van der Waals surface area contributed by atoms with Gasteiger partial charge >= 0.3 is 0 Å². The average molecular weight is 328 g/mol. The van der Waals surface area contributed by atoms with Crippen molar-refractivity contribution in [1.29, 1.82) is 0 Å². The van der Waals surface area contributed by atoms with E-state index >= 15 is 0 Å². The fourth-order valence-corrected chi connectivity index (χ4v) is 3.11. The Balaban J connectivity index is 1.47. The molecular formula is C18H24N4O2. The molecule has 0 atom stereocenters. The maximum absolute atomic E-state index is 12.0. The SMILES string of the molecule is Cc1ccc2c(cnn2CCC(=O)NCC(=O)N2CCCCC2)c1. The zero-order valence-corrected chi connectivity index (χ0v) is 14.1. The van der Waals surface area contributed by atoms with Gasteiger partial charge in [-0.05, 0) is 38.3 Å². The van der Waals surface area contributed by atoms with Crippen LogP contribution in [0, 0.1) is 6.92 Å². The van der Waals surface area contributed by atoms with E-state index in [1.54, 1.807) is 0 Å². The largest absolute Gasteiger partial charge is 0.347 e. The Kier molecular flexibility index (Phi) is 5.13. The first-order valence-electron chi connectivity index (χ1n) is 8.60. The number of piperidine rings is 1. The molecule has 0 aliphatic carbocycles. The summed E-state index contributed by atoms with van der Waals surface area (Å²) in [7, 11) is 0. The van der Waals surface area contributed by atoms with Crippen molar-refractivity contribution in [2.75, 3.05) is 19.6 Å². The molecule has 0 bridgehead atoms. The van der Waals surface area contributed by atoms with Gasteiger partial charge in [-0.2, -0.15) is 5.10 Å². The van der Waals surface area contributed by atoms with Crippen molar-refractivity contribution in [3.63, 3.8) is 0 Å². The summed E-state index contributed by atoms with van der Waals surface area (Å²) < 4.78 is 1.83. The number of hydrogen-bond donors (Lipinski definition) is 1. The molecule has 0 unspecified atom stereocenters. The molecule has 1 fully saturated rings. The first-order valence-corrected chi connectivity index (χ1v) is 8.60. The Morgan fingerprint density at radius 3 is 2.79 bits per heavy atom. The number of rotatable bonds is 5. The van der Waals surface area contributed by atoms with Crippen molar-refractivity contribution in [3.05, 3.63) is 30.0 Å². The van der Waals surface area contributed by atoms with Gasteiger partial charge in [-0.15, -0.1) is 0 Å². The van der Waals surface area contributed by atoms with Crippen LogP contribution in [0.1, 0.15) is 31.2 Å². The molecule has 2 heterocycles. The number of hydrogen-bond acceptors (Lipinski definition) is 3. The molecule has 128 valence electrons. The molecule has 1 aromatic carbocycles. The predicted molar refractivity (Wildman–Crippen MR) is 92.5 cm³/mol. The third-order valence-electron chi connectivity index (χ3n) is 4.49. The van der Waals surface area contributed by atoms with Gasteiger partial charge in [0.15, 0.2) is 0 Å². The molecule has 1 aliphatic rings. The minimum Gasteiger partial charge on any atom is -0.347 e. The monoisotopic (exact) mass is 328 g/mol. The number of aromatic nitrogens is 2. The summed E-state index contributed by atoms with van der Waals surface area (Å²) >= 11 is 0. The van der Waals surface area contributed by atoms with Gasteiger partial charge in [0, 0.05) is 24.9 Å². The van der Waals surface area contributed by atoms with E-state index in [1.807, 2.05) is 34.8 Å². The minimum absolute atomic E-state index is 0.0167. The molecule has 2 aromatic rings. The molecule has 0 spiro atoms. The summed E-state index contributed by atoms with van der Waals surface area (Å²) in [6.07, 6.45) is 5.45. The number of amides is 2. The van der Waals surface area contributed by atoms with Gasteiger partial charge in [0.05, 0.1) is 24.8 Å². The quantitative estimate of drug-likeness (QED) is 0.911. The first-order chi connectivity index (χ1) is 11.6. The van der Waals surface area contributed by atoms with Gasteiger partial charge in [0.2, 0.25) is 11.8 Å². The highest BCUT2D eigenvalue weighted by atomic mass is 16.2. The lowest BCUT2D eigenvalue weighted by Crippen LogP contribution is -2.42. The van der Waals surface area contributed by atoms with Crippen molar-refractivity contribution in [2.45, 2.75) is 39.2 Å². The van der Waals surface area contributed by atoms with Gasteiger partial charge in [-0.3, -0.25) is 14.3 Å². The molecule has 1 aromatic heterocycles. The second-order valence-corrected chi connectivity index (χ2v) is 6.40. The molecule has 0 saturated carbocycles. The Morgan fingerprint density at radius 1 is 1.21 bits per heavy atom. The third-order valence-corrected chi connectivity index (χ3v) is 4.49. The van der Waals surface area contributed by atoms with Gasteiger partial charge in [0.1, 0.15) is 0 Å². The van der Waals surface area contributed by atoms with Crippen molar-refractivity contribution in [2.24, 2.45) is 0 Å². The molecule has 24 heavy (non-hydrogen) atoms. The molecule has 0 radical (unpaired) electrons. The summed E-state index contributed by atoms with van der Waals surface area (Å²) in [6, 6.07) is 6.14. The van der Waals surface area contributed by atoms with Crippen LogP contribution in [0.2, 0.25) is 0 Å². The zero-order chi connectivity index (χ0) is 16.9. The second-order valence-electron chi connectivity index (χ2n) is 6.40. The molecule has 2 amide bonds. The summed E-state index contributed by atoms with van der Waals surface area (Å²) in [6.45, 7) is 4.28. The van der Waals surface area contributed by atoms with Crippen molar-refractivity contribution < 1.29 is 9.59 Å². The molecular weight excluding hydrogens is 304 g/mol. The van der Waals surface area contributed by atoms with E-state index in [-0.39, 0.29) is 18.4 Å². The van der Waals surface area contributed by atoms with Crippen LogP contribution in [-0.4, -0.2) is 46.1 Å². The van der Waals surface area contributed by atoms with Gasteiger partial charge in [0.25, 0.3) is 0 Å². The number of carbonyl (C=O) groups excluding carboxylic acids is 2. The van der Waals surface area contributed by atoms with Gasteiger partial charge < -0.3 is 10.2 Å². The van der Waals surface area contributed by atoms with Crippen LogP contribution in [-0.2, 0) is 16.1 Å². The third kappa shape index (κ3) is 3.93. The van der Waals surface area contributed by atoms with Crippen LogP contribution in [0.15, 0.2) is 24.4 Å². The number of fused-ring (bicyclic) bond motifs is 1. The summed E-state index contributed by atoms with van der Waals surface area (Å²) in [4.78, 5) is 25.9. The zero-order valence-electron chi connectivity index (χ0n) is 14.1. The molecule has 1 N–H and O–H groups in total. The molecule has 6 heteroatoms. The highest BCUT2D eigenvalue weighted by Crippen LogP contribution is 2.15. The molecule has 3 rings (SSSR count). The van der Waals surface area contributed by atoms with Crippen LogP contribution in [0.3, 0.4) is 0 Å². The number of aryl methyl sites for hydroxylation is 2. The Bertz CT molecular complexity index is 732. The Labute approximate surface area is 141 Å². The fourth-order valence-electron chi connectivity index (χ4n) is 3.11. The number of likely N-dealkylation sites (tertiary alicyclic amines) is 1. The maximum atomic E-state index is 12.0. The van der Waals surface area contributed by atoms with Crippen LogP contribution >= 0.6 is 0 Å². The number of benzene rings is 1. The average Bonchev–Trinajstić information content (AvgIpc) is 3.00. The Morgan fingerprint density at radius 2 is 2.00 bits per heavy atom. The lowest BCUT2D eigenvalue weighted by Gasteiger charge is -2.26. The van der Waals surface area contributed by atoms with Crippen molar-refractivity contribution >= 4 is 22.7 Å². The standard InChI is InChI=1S/C18H24N4O2/c1-14-5-6-16-15(11-14)12-20-22(16)10-7-17(23)19-13-18(24)21-8-3-2-4-9-21/h5-6,11-12H,2-4,7-10,13H2,1H3,(H,19,23). The summed E-state index contributed by atoms with van der Waals surface area (Å²) in [5.74, 6) is -0.0980. The van der Waals surface area contributed by atoms with E-state index in [0.29, 0.717) is 13.0 Å². The van der Waals surface area contributed by atoms with E-state index in [4.69, 9.17) is 0 Å². The maximum Gasteiger partial charge on any atom is 0.241 e. The molecule has 1 aliphatic heterocycles. The van der Waals surface area contributed by atoms with Gasteiger partial charge in [-0.25, -0.2) is 0 Å². The fraction of sp³-hybridized carbons (Fsp3) is 0.500. The van der Waals surface area contributed by atoms with Crippen LogP contribution in [0.25, 0.3) is 10.9 Å². The molecule has 6 nitrogen and oxygen atoms in total. The Hall–Kier alpha value is -2.37.